The van der Waals surface area contributed by atoms with E-state index in [2.05, 4.69) is 16.5 Å². The van der Waals surface area contributed by atoms with Gasteiger partial charge in [-0.25, -0.2) is 0 Å². The quantitative estimate of drug-likeness (QED) is 0.659. The SMILES string of the molecule is C=CC1CC(=O)N(c2c(Cl)nc(N)nc2Cl)C1. The summed E-state index contributed by atoms with van der Waals surface area (Å²) in [5.74, 6) is -0.00470. The number of aromatic nitrogens is 2. The van der Waals surface area contributed by atoms with Crippen molar-refractivity contribution in [1.29, 1.82) is 0 Å². The molecule has 1 fully saturated rings. The number of anilines is 2. The van der Waals surface area contributed by atoms with Gasteiger partial charge in [-0.2, -0.15) is 9.97 Å². The third-order valence-corrected chi connectivity index (χ3v) is 3.10. The number of amides is 1. The maximum Gasteiger partial charge on any atom is 0.227 e. The monoisotopic (exact) mass is 272 g/mol. The summed E-state index contributed by atoms with van der Waals surface area (Å²) < 4.78 is 0. The van der Waals surface area contributed by atoms with Crippen LogP contribution >= 0.6 is 23.2 Å². The Balaban J connectivity index is 2.41. The van der Waals surface area contributed by atoms with Crippen molar-refractivity contribution in [3.63, 3.8) is 0 Å². The molecule has 7 heteroatoms. The predicted molar refractivity (Wildman–Crippen MR) is 67.1 cm³/mol. The molecule has 1 atom stereocenters. The molecule has 2 heterocycles. The molecule has 1 unspecified atom stereocenters. The zero-order valence-electron chi connectivity index (χ0n) is 8.86. The number of halogens is 2. The van der Waals surface area contributed by atoms with Crippen molar-refractivity contribution in [2.45, 2.75) is 6.42 Å². The van der Waals surface area contributed by atoms with E-state index in [0.717, 1.165) is 0 Å². The number of hydrogen-bond acceptors (Lipinski definition) is 4. The van der Waals surface area contributed by atoms with Crippen LogP contribution in [0.1, 0.15) is 6.42 Å². The van der Waals surface area contributed by atoms with E-state index < -0.39 is 0 Å². The number of rotatable bonds is 2. The molecule has 1 saturated heterocycles. The summed E-state index contributed by atoms with van der Waals surface area (Å²) in [6.07, 6.45) is 2.12. The molecule has 1 aromatic rings. The molecule has 0 aliphatic carbocycles. The first kappa shape index (κ1) is 12.1. The summed E-state index contributed by atoms with van der Waals surface area (Å²) in [7, 11) is 0. The minimum absolute atomic E-state index is 0.0179. The molecule has 5 nitrogen and oxygen atoms in total. The van der Waals surface area contributed by atoms with Crippen LogP contribution in [0.4, 0.5) is 11.6 Å². The lowest BCUT2D eigenvalue weighted by atomic mass is 10.1. The van der Waals surface area contributed by atoms with E-state index in [9.17, 15) is 4.79 Å². The van der Waals surface area contributed by atoms with Crippen LogP contribution in [0.15, 0.2) is 12.7 Å². The van der Waals surface area contributed by atoms with E-state index in [1.54, 1.807) is 6.08 Å². The van der Waals surface area contributed by atoms with Crippen LogP contribution in [0.2, 0.25) is 10.3 Å². The van der Waals surface area contributed by atoms with Gasteiger partial charge in [-0.05, 0) is 0 Å². The van der Waals surface area contributed by atoms with Gasteiger partial charge in [-0.15, -0.1) is 6.58 Å². The smallest absolute Gasteiger partial charge is 0.227 e. The lowest BCUT2D eigenvalue weighted by Gasteiger charge is -2.18. The Kier molecular flexibility index (Phi) is 3.22. The summed E-state index contributed by atoms with van der Waals surface area (Å²) in [6, 6.07) is 0. The highest BCUT2D eigenvalue weighted by atomic mass is 35.5. The van der Waals surface area contributed by atoms with Crippen LogP contribution in [0.25, 0.3) is 0 Å². The van der Waals surface area contributed by atoms with Crippen LogP contribution < -0.4 is 10.6 Å². The van der Waals surface area contributed by atoms with E-state index in [0.29, 0.717) is 18.7 Å². The van der Waals surface area contributed by atoms with Gasteiger partial charge < -0.3 is 10.6 Å². The molecule has 2 N–H and O–H groups in total. The van der Waals surface area contributed by atoms with Crippen molar-refractivity contribution in [2.24, 2.45) is 5.92 Å². The first-order chi connectivity index (χ1) is 8.02. The molecule has 1 aliphatic rings. The summed E-state index contributed by atoms with van der Waals surface area (Å²) in [5.41, 5.74) is 5.72. The van der Waals surface area contributed by atoms with Gasteiger partial charge in [0.15, 0.2) is 10.3 Å². The van der Waals surface area contributed by atoms with Gasteiger partial charge in [0.05, 0.1) is 0 Å². The Morgan fingerprint density at radius 1 is 1.41 bits per heavy atom. The number of nitrogens with two attached hydrogens (primary N) is 1. The van der Waals surface area contributed by atoms with Gasteiger partial charge in [0, 0.05) is 18.9 Å². The maximum atomic E-state index is 11.8. The highest BCUT2D eigenvalue weighted by Crippen LogP contribution is 2.35. The van der Waals surface area contributed by atoms with Gasteiger partial charge >= 0.3 is 0 Å². The largest absolute Gasteiger partial charge is 0.368 e. The second-order valence-corrected chi connectivity index (χ2v) is 4.43. The zero-order valence-corrected chi connectivity index (χ0v) is 10.4. The molecule has 0 bridgehead atoms. The Hall–Kier alpha value is -1.33. The van der Waals surface area contributed by atoms with Crippen molar-refractivity contribution < 1.29 is 4.79 Å². The number of nitrogens with zero attached hydrogens (tertiary/aromatic N) is 3. The second kappa shape index (κ2) is 4.50. The van der Waals surface area contributed by atoms with Crippen LogP contribution in [0.5, 0.6) is 0 Å². The van der Waals surface area contributed by atoms with Crippen LogP contribution in [-0.4, -0.2) is 22.4 Å². The summed E-state index contributed by atoms with van der Waals surface area (Å²) in [4.78, 5) is 20.9. The molecule has 0 spiro atoms. The van der Waals surface area contributed by atoms with Crippen molar-refractivity contribution in [1.82, 2.24) is 9.97 Å². The van der Waals surface area contributed by atoms with E-state index in [-0.39, 0.29) is 28.1 Å². The third-order valence-electron chi connectivity index (χ3n) is 2.57. The Labute approximate surface area is 108 Å². The van der Waals surface area contributed by atoms with Crippen LogP contribution in [-0.2, 0) is 4.79 Å². The van der Waals surface area contributed by atoms with Gasteiger partial charge in [0.1, 0.15) is 5.69 Å². The molecule has 1 aromatic heterocycles. The highest BCUT2D eigenvalue weighted by Gasteiger charge is 2.32. The lowest BCUT2D eigenvalue weighted by molar-refractivity contribution is -0.117. The number of hydrogen-bond donors (Lipinski definition) is 1. The summed E-state index contributed by atoms with van der Waals surface area (Å²) in [5, 5.41) is 0.168. The standard InChI is InChI=1S/C10H10Cl2N4O/c1-2-5-3-6(17)16(4-5)7-8(11)14-10(13)15-9(7)12/h2,5H,1,3-4H2,(H2,13,14,15). The first-order valence-corrected chi connectivity index (χ1v) is 5.70. The summed E-state index contributed by atoms with van der Waals surface area (Å²) in [6.45, 7) is 4.15. The summed E-state index contributed by atoms with van der Waals surface area (Å²) >= 11 is 11.9. The molecule has 1 aliphatic heterocycles. The van der Waals surface area contributed by atoms with Crippen molar-refractivity contribution in [3.8, 4) is 0 Å². The molecule has 1 amide bonds. The van der Waals surface area contributed by atoms with Crippen LogP contribution in [0.3, 0.4) is 0 Å². The van der Waals surface area contributed by atoms with Crippen LogP contribution in [0, 0.1) is 5.92 Å². The molecule has 2 rings (SSSR count). The van der Waals surface area contributed by atoms with E-state index >= 15 is 0 Å². The normalized spacial score (nSPS) is 19.8. The average Bonchev–Trinajstić information content (AvgIpc) is 2.59. The molecule has 90 valence electrons. The second-order valence-electron chi connectivity index (χ2n) is 3.72. The average molecular weight is 273 g/mol. The Morgan fingerprint density at radius 2 is 2.00 bits per heavy atom. The predicted octanol–water partition coefficient (Wildman–Crippen LogP) is 1.90. The van der Waals surface area contributed by atoms with Crippen molar-refractivity contribution in [2.75, 3.05) is 17.2 Å². The molecule has 0 radical (unpaired) electrons. The lowest BCUT2D eigenvalue weighted by Crippen LogP contribution is -2.25. The zero-order chi connectivity index (χ0) is 12.6. The fourth-order valence-electron chi connectivity index (χ4n) is 1.75. The fourth-order valence-corrected chi connectivity index (χ4v) is 2.35. The highest BCUT2D eigenvalue weighted by molar-refractivity contribution is 6.38. The number of nitrogen functional groups attached to an aromatic ring is 1. The molecule has 17 heavy (non-hydrogen) atoms. The molecule has 0 aromatic carbocycles. The van der Waals surface area contributed by atoms with Crippen molar-refractivity contribution in [3.05, 3.63) is 23.0 Å². The first-order valence-electron chi connectivity index (χ1n) is 4.94. The van der Waals surface area contributed by atoms with Gasteiger partial charge in [-0.1, -0.05) is 29.3 Å². The van der Waals surface area contributed by atoms with E-state index in [4.69, 9.17) is 28.9 Å². The Morgan fingerprint density at radius 3 is 2.47 bits per heavy atom. The molecule has 0 saturated carbocycles. The van der Waals surface area contributed by atoms with Gasteiger partial charge in [-0.3, -0.25) is 4.79 Å². The van der Waals surface area contributed by atoms with E-state index in [1.165, 1.54) is 4.90 Å². The van der Waals surface area contributed by atoms with E-state index in [1.807, 2.05) is 0 Å². The Bertz CT molecular complexity index is 468. The topological polar surface area (TPSA) is 72.1 Å². The minimum Gasteiger partial charge on any atom is -0.368 e. The third kappa shape index (κ3) is 2.21. The van der Waals surface area contributed by atoms with Gasteiger partial charge in [0.2, 0.25) is 11.9 Å². The number of carbonyl (C=O) groups excluding carboxylic acids is 1. The minimum atomic E-state index is -0.0768. The number of carbonyl (C=O) groups is 1. The molecular weight excluding hydrogens is 263 g/mol. The fraction of sp³-hybridized carbons (Fsp3) is 0.300. The van der Waals surface area contributed by atoms with Gasteiger partial charge in [0.25, 0.3) is 0 Å². The molecular formula is C10H10Cl2N4O. The maximum absolute atomic E-state index is 11.8. The van der Waals surface area contributed by atoms with Crippen molar-refractivity contribution >= 4 is 40.7 Å².